The lowest BCUT2D eigenvalue weighted by Crippen LogP contribution is -2.16. The number of benzene rings is 1. The SMILES string of the molecule is NC(=O)c1cccc(CNC2CC2)c1. The van der Waals surface area contributed by atoms with E-state index in [1.807, 2.05) is 18.2 Å². The third-order valence-corrected chi connectivity index (χ3v) is 2.38. The van der Waals surface area contributed by atoms with Crippen LogP contribution in [0.15, 0.2) is 24.3 Å². The lowest BCUT2D eigenvalue weighted by Gasteiger charge is -2.03. The summed E-state index contributed by atoms with van der Waals surface area (Å²) in [4.78, 5) is 10.9. The third kappa shape index (κ3) is 2.33. The molecule has 14 heavy (non-hydrogen) atoms. The van der Waals surface area contributed by atoms with Crippen molar-refractivity contribution in [3.63, 3.8) is 0 Å². The topological polar surface area (TPSA) is 55.1 Å². The Morgan fingerprint density at radius 1 is 1.50 bits per heavy atom. The molecule has 0 atom stereocenters. The van der Waals surface area contributed by atoms with Crippen molar-refractivity contribution in [3.05, 3.63) is 35.4 Å². The van der Waals surface area contributed by atoms with E-state index < -0.39 is 0 Å². The predicted molar refractivity (Wildman–Crippen MR) is 54.8 cm³/mol. The summed E-state index contributed by atoms with van der Waals surface area (Å²) < 4.78 is 0. The van der Waals surface area contributed by atoms with Gasteiger partial charge in [0.1, 0.15) is 0 Å². The van der Waals surface area contributed by atoms with Gasteiger partial charge in [-0.1, -0.05) is 12.1 Å². The number of rotatable bonds is 4. The fourth-order valence-electron chi connectivity index (χ4n) is 1.38. The van der Waals surface area contributed by atoms with Crippen LogP contribution < -0.4 is 11.1 Å². The molecular weight excluding hydrogens is 176 g/mol. The number of nitrogens with two attached hydrogens (primary N) is 1. The number of amides is 1. The maximum absolute atomic E-state index is 10.9. The van der Waals surface area contributed by atoms with Crippen LogP contribution in [-0.4, -0.2) is 11.9 Å². The van der Waals surface area contributed by atoms with E-state index in [1.54, 1.807) is 6.07 Å². The van der Waals surface area contributed by atoms with Gasteiger partial charge in [0.05, 0.1) is 0 Å². The molecule has 0 spiro atoms. The lowest BCUT2D eigenvalue weighted by molar-refractivity contribution is 0.1000. The molecule has 1 aromatic carbocycles. The van der Waals surface area contributed by atoms with E-state index in [4.69, 9.17) is 5.73 Å². The Bertz CT molecular complexity index is 345. The molecule has 1 aliphatic carbocycles. The first-order valence-electron chi connectivity index (χ1n) is 4.88. The van der Waals surface area contributed by atoms with Crippen molar-refractivity contribution in [1.82, 2.24) is 5.32 Å². The monoisotopic (exact) mass is 190 g/mol. The van der Waals surface area contributed by atoms with Gasteiger partial charge in [-0.2, -0.15) is 0 Å². The van der Waals surface area contributed by atoms with Crippen molar-refractivity contribution in [3.8, 4) is 0 Å². The van der Waals surface area contributed by atoms with Gasteiger partial charge in [0.2, 0.25) is 5.91 Å². The van der Waals surface area contributed by atoms with E-state index in [1.165, 1.54) is 12.8 Å². The number of hydrogen-bond donors (Lipinski definition) is 2. The second-order valence-corrected chi connectivity index (χ2v) is 3.72. The molecule has 1 aromatic rings. The van der Waals surface area contributed by atoms with Crippen molar-refractivity contribution >= 4 is 5.91 Å². The number of nitrogens with one attached hydrogen (secondary N) is 1. The van der Waals surface area contributed by atoms with Crippen LogP contribution in [0.4, 0.5) is 0 Å². The Hall–Kier alpha value is -1.35. The first-order valence-corrected chi connectivity index (χ1v) is 4.88. The van der Waals surface area contributed by atoms with Gasteiger partial charge < -0.3 is 11.1 Å². The molecule has 0 aliphatic heterocycles. The largest absolute Gasteiger partial charge is 0.366 e. The molecule has 0 radical (unpaired) electrons. The molecule has 1 amide bonds. The summed E-state index contributed by atoms with van der Waals surface area (Å²) in [6.45, 7) is 0.825. The number of hydrogen-bond acceptors (Lipinski definition) is 2. The molecule has 3 nitrogen and oxygen atoms in total. The number of carbonyl (C=O) groups excluding carboxylic acids is 1. The normalized spacial score (nSPS) is 15.4. The summed E-state index contributed by atoms with van der Waals surface area (Å²) >= 11 is 0. The van der Waals surface area contributed by atoms with Gasteiger partial charge >= 0.3 is 0 Å². The Labute approximate surface area is 83.3 Å². The maximum atomic E-state index is 10.9. The fraction of sp³-hybridized carbons (Fsp3) is 0.364. The summed E-state index contributed by atoms with van der Waals surface area (Å²) in [6.07, 6.45) is 2.55. The summed E-state index contributed by atoms with van der Waals surface area (Å²) in [5.74, 6) is -0.363. The zero-order valence-corrected chi connectivity index (χ0v) is 7.99. The van der Waals surface area contributed by atoms with E-state index in [9.17, 15) is 4.79 Å². The van der Waals surface area contributed by atoms with Crippen LogP contribution in [0, 0.1) is 0 Å². The average molecular weight is 190 g/mol. The zero-order chi connectivity index (χ0) is 9.97. The molecule has 3 N–H and O–H groups in total. The van der Waals surface area contributed by atoms with Gasteiger partial charge in [-0.3, -0.25) is 4.79 Å². The summed E-state index contributed by atoms with van der Waals surface area (Å²) in [5, 5.41) is 3.39. The molecule has 0 unspecified atom stereocenters. The Balaban J connectivity index is 2.01. The Kier molecular flexibility index (Phi) is 2.50. The molecule has 1 fully saturated rings. The van der Waals surface area contributed by atoms with Crippen molar-refractivity contribution < 1.29 is 4.79 Å². The summed E-state index contributed by atoms with van der Waals surface area (Å²) in [6, 6.07) is 8.14. The van der Waals surface area contributed by atoms with Crippen molar-refractivity contribution in [2.45, 2.75) is 25.4 Å². The van der Waals surface area contributed by atoms with Crippen molar-refractivity contribution in [1.29, 1.82) is 0 Å². The van der Waals surface area contributed by atoms with Gasteiger partial charge in [0.25, 0.3) is 0 Å². The summed E-state index contributed by atoms with van der Waals surface area (Å²) in [7, 11) is 0. The smallest absolute Gasteiger partial charge is 0.248 e. The van der Waals surface area contributed by atoms with Crippen LogP contribution in [-0.2, 0) is 6.54 Å². The van der Waals surface area contributed by atoms with E-state index in [-0.39, 0.29) is 5.91 Å². The fourth-order valence-corrected chi connectivity index (χ4v) is 1.38. The highest BCUT2D eigenvalue weighted by Crippen LogP contribution is 2.19. The molecule has 0 bridgehead atoms. The highest BCUT2D eigenvalue weighted by Gasteiger charge is 2.19. The van der Waals surface area contributed by atoms with E-state index in [0.717, 1.165) is 12.1 Å². The van der Waals surface area contributed by atoms with Crippen molar-refractivity contribution in [2.75, 3.05) is 0 Å². The van der Waals surface area contributed by atoms with Gasteiger partial charge in [-0.25, -0.2) is 0 Å². The highest BCUT2D eigenvalue weighted by molar-refractivity contribution is 5.92. The molecule has 1 saturated carbocycles. The van der Waals surface area contributed by atoms with Gasteiger partial charge in [-0.15, -0.1) is 0 Å². The van der Waals surface area contributed by atoms with Crippen LogP contribution in [0.3, 0.4) is 0 Å². The molecule has 0 saturated heterocycles. The van der Waals surface area contributed by atoms with Gasteiger partial charge in [0.15, 0.2) is 0 Å². The molecule has 0 heterocycles. The van der Waals surface area contributed by atoms with Crippen LogP contribution in [0.25, 0.3) is 0 Å². The third-order valence-electron chi connectivity index (χ3n) is 2.38. The maximum Gasteiger partial charge on any atom is 0.248 e. The molecule has 74 valence electrons. The predicted octanol–water partition coefficient (Wildman–Crippen LogP) is 1.04. The van der Waals surface area contributed by atoms with E-state index >= 15 is 0 Å². The van der Waals surface area contributed by atoms with E-state index in [2.05, 4.69) is 5.32 Å². The molecule has 1 aliphatic rings. The standard InChI is InChI=1S/C11H14N2O/c12-11(14)9-3-1-2-8(6-9)7-13-10-4-5-10/h1-3,6,10,13H,4-5,7H2,(H2,12,14). The summed E-state index contributed by atoms with van der Waals surface area (Å²) in [5.41, 5.74) is 6.89. The highest BCUT2D eigenvalue weighted by atomic mass is 16.1. The molecule has 3 heteroatoms. The minimum Gasteiger partial charge on any atom is -0.366 e. The molecule has 0 aromatic heterocycles. The molecular formula is C11H14N2O. The number of carbonyl (C=O) groups is 1. The quantitative estimate of drug-likeness (QED) is 0.745. The lowest BCUT2D eigenvalue weighted by atomic mass is 10.1. The number of primary amides is 1. The van der Waals surface area contributed by atoms with Crippen LogP contribution in [0.5, 0.6) is 0 Å². The minimum absolute atomic E-state index is 0.363. The molecule has 2 rings (SSSR count). The van der Waals surface area contributed by atoms with Crippen LogP contribution >= 0.6 is 0 Å². The minimum atomic E-state index is -0.363. The van der Waals surface area contributed by atoms with Crippen molar-refractivity contribution in [2.24, 2.45) is 5.73 Å². The average Bonchev–Trinajstić information content (AvgIpc) is 2.99. The zero-order valence-electron chi connectivity index (χ0n) is 7.99. The van der Waals surface area contributed by atoms with Crippen LogP contribution in [0.1, 0.15) is 28.8 Å². The first kappa shape index (κ1) is 9.21. The van der Waals surface area contributed by atoms with Gasteiger partial charge in [0, 0.05) is 18.2 Å². The Morgan fingerprint density at radius 3 is 2.93 bits per heavy atom. The van der Waals surface area contributed by atoms with E-state index in [0.29, 0.717) is 11.6 Å². The second kappa shape index (κ2) is 3.80. The van der Waals surface area contributed by atoms with Crippen LogP contribution in [0.2, 0.25) is 0 Å². The first-order chi connectivity index (χ1) is 6.75. The van der Waals surface area contributed by atoms with Gasteiger partial charge in [-0.05, 0) is 30.5 Å². The second-order valence-electron chi connectivity index (χ2n) is 3.72. The Morgan fingerprint density at radius 2 is 2.29 bits per heavy atom.